The first kappa shape index (κ1) is 15.6. The quantitative estimate of drug-likeness (QED) is 0.618. The molecule has 2 aromatic carbocycles. The van der Waals surface area contributed by atoms with Crippen molar-refractivity contribution in [2.45, 2.75) is 16.7 Å². The predicted molar refractivity (Wildman–Crippen MR) is 83.5 cm³/mol. The number of hydrogen-bond acceptors (Lipinski definition) is 4. The summed E-state index contributed by atoms with van der Waals surface area (Å²) < 4.78 is 4.78. The number of carbonyl (C=O) groups excluding carboxylic acids is 2. The number of rotatable bonds is 4. The summed E-state index contributed by atoms with van der Waals surface area (Å²) >= 11 is 7.32. The Morgan fingerprint density at radius 1 is 1.29 bits per heavy atom. The van der Waals surface area contributed by atoms with E-state index in [9.17, 15) is 9.59 Å². The lowest BCUT2D eigenvalue weighted by atomic mass is 10.1. The van der Waals surface area contributed by atoms with Crippen LogP contribution >= 0.6 is 23.4 Å². The van der Waals surface area contributed by atoms with Crippen LogP contribution in [-0.2, 0) is 4.74 Å². The Morgan fingerprint density at radius 2 is 2.00 bits per heavy atom. The number of ether oxygens (including phenoxy) is 1. The van der Waals surface area contributed by atoms with E-state index < -0.39 is 5.97 Å². The van der Waals surface area contributed by atoms with Gasteiger partial charge < -0.3 is 4.74 Å². The Kier molecular flexibility index (Phi) is 5.04. The highest BCUT2D eigenvalue weighted by molar-refractivity contribution is 7.99. The highest BCUT2D eigenvalue weighted by Gasteiger charge is 2.15. The van der Waals surface area contributed by atoms with Crippen LogP contribution in [0.3, 0.4) is 0 Å². The van der Waals surface area contributed by atoms with Gasteiger partial charge in [0.25, 0.3) is 0 Å². The fraction of sp³-hybridized carbons (Fsp3) is 0.125. The highest BCUT2D eigenvalue weighted by atomic mass is 35.5. The molecule has 5 heteroatoms. The van der Waals surface area contributed by atoms with Crippen LogP contribution in [0.2, 0.25) is 5.02 Å². The van der Waals surface area contributed by atoms with Gasteiger partial charge in [0.1, 0.15) is 0 Å². The zero-order valence-electron chi connectivity index (χ0n) is 11.6. The van der Waals surface area contributed by atoms with Gasteiger partial charge in [0.15, 0.2) is 6.29 Å². The molecule has 0 atom stereocenters. The molecule has 0 heterocycles. The van der Waals surface area contributed by atoms with E-state index in [2.05, 4.69) is 0 Å². The van der Waals surface area contributed by atoms with Crippen molar-refractivity contribution in [3.05, 3.63) is 58.1 Å². The largest absolute Gasteiger partial charge is 0.465 e. The molecular weight excluding hydrogens is 308 g/mol. The van der Waals surface area contributed by atoms with E-state index >= 15 is 0 Å². The minimum Gasteiger partial charge on any atom is -0.465 e. The molecule has 0 N–H and O–H groups in total. The van der Waals surface area contributed by atoms with Crippen molar-refractivity contribution in [3.63, 3.8) is 0 Å². The van der Waals surface area contributed by atoms with Gasteiger partial charge in [0.05, 0.1) is 12.7 Å². The number of esters is 1. The number of hydrogen-bond donors (Lipinski definition) is 0. The molecule has 2 aromatic rings. The predicted octanol–water partition coefficient (Wildman–Crippen LogP) is 4.40. The van der Waals surface area contributed by atoms with Crippen molar-refractivity contribution in [1.82, 2.24) is 0 Å². The van der Waals surface area contributed by atoms with Crippen molar-refractivity contribution in [2.24, 2.45) is 0 Å². The molecule has 0 saturated heterocycles. The Morgan fingerprint density at radius 3 is 2.67 bits per heavy atom. The molecule has 0 saturated carbocycles. The van der Waals surface area contributed by atoms with Crippen LogP contribution < -0.4 is 0 Å². The van der Waals surface area contributed by atoms with E-state index in [1.54, 1.807) is 24.3 Å². The lowest BCUT2D eigenvalue weighted by molar-refractivity contribution is 0.0596. The second kappa shape index (κ2) is 6.78. The second-order valence-electron chi connectivity index (χ2n) is 4.35. The van der Waals surface area contributed by atoms with Crippen LogP contribution in [0.1, 0.15) is 26.3 Å². The average molecular weight is 321 g/mol. The zero-order chi connectivity index (χ0) is 15.4. The first-order valence-corrected chi connectivity index (χ1v) is 7.36. The van der Waals surface area contributed by atoms with Crippen LogP contribution in [0, 0.1) is 6.92 Å². The molecule has 0 aliphatic rings. The van der Waals surface area contributed by atoms with Crippen LogP contribution in [0.25, 0.3) is 0 Å². The Labute approximate surface area is 132 Å². The van der Waals surface area contributed by atoms with Crippen molar-refractivity contribution < 1.29 is 14.3 Å². The minimum atomic E-state index is -0.405. The fourth-order valence-electron chi connectivity index (χ4n) is 1.93. The van der Waals surface area contributed by atoms with E-state index in [4.69, 9.17) is 16.3 Å². The average Bonchev–Trinajstić information content (AvgIpc) is 2.49. The number of carbonyl (C=O) groups is 2. The number of aldehydes is 1. The van der Waals surface area contributed by atoms with Crippen LogP contribution in [-0.4, -0.2) is 19.4 Å². The van der Waals surface area contributed by atoms with Gasteiger partial charge in [-0.05, 0) is 36.8 Å². The van der Waals surface area contributed by atoms with Gasteiger partial charge >= 0.3 is 5.97 Å². The normalized spacial score (nSPS) is 10.2. The number of methoxy groups -OCH3 is 1. The van der Waals surface area contributed by atoms with E-state index in [1.807, 2.05) is 19.1 Å². The lowest BCUT2D eigenvalue weighted by Crippen LogP contribution is -2.03. The van der Waals surface area contributed by atoms with Crippen molar-refractivity contribution in [3.8, 4) is 0 Å². The molecule has 21 heavy (non-hydrogen) atoms. The van der Waals surface area contributed by atoms with E-state index in [0.29, 0.717) is 16.1 Å². The molecule has 0 unspecified atom stereocenters. The van der Waals surface area contributed by atoms with Crippen LogP contribution in [0.15, 0.2) is 46.2 Å². The van der Waals surface area contributed by atoms with Crippen molar-refractivity contribution in [2.75, 3.05) is 7.11 Å². The molecule has 0 fully saturated rings. The number of aryl methyl sites for hydroxylation is 1. The summed E-state index contributed by atoms with van der Waals surface area (Å²) in [5.41, 5.74) is 1.86. The third-order valence-electron chi connectivity index (χ3n) is 2.90. The maximum atomic E-state index is 11.8. The lowest BCUT2D eigenvalue weighted by Gasteiger charge is -2.11. The maximum Gasteiger partial charge on any atom is 0.339 e. The van der Waals surface area contributed by atoms with Gasteiger partial charge in [-0.3, -0.25) is 4.79 Å². The molecular formula is C16H13ClO3S. The van der Waals surface area contributed by atoms with Gasteiger partial charge in [-0.15, -0.1) is 0 Å². The van der Waals surface area contributed by atoms with Crippen molar-refractivity contribution >= 4 is 35.6 Å². The van der Waals surface area contributed by atoms with Gasteiger partial charge in [-0.2, -0.15) is 0 Å². The van der Waals surface area contributed by atoms with Gasteiger partial charge in [-0.1, -0.05) is 35.5 Å². The van der Waals surface area contributed by atoms with Crippen molar-refractivity contribution in [1.29, 1.82) is 0 Å². The van der Waals surface area contributed by atoms with Gasteiger partial charge in [0.2, 0.25) is 0 Å². The zero-order valence-corrected chi connectivity index (χ0v) is 13.1. The number of halogens is 1. The third kappa shape index (κ3) is 3.46. The Hall–Kier alpha value is -1.78. The minimum absolute atomic E-state index is 0.405. The molecule has 3 nitrogen and oxygen atoms in total. The maximum absolute atomic E-state index is 11.8. The smallest absolute Gasteiger partial charge is 0.339 e. The Balaban J connectivity index is 2.48. The first-order valence-electron chi connectivity index (χ1n) is 6.17. The third-order valence-corrected chi connectivity index (χ3v) is 4.46. The molecule has 0 aliphatic carbocycles. The molecule has 0 radical (unpaired) electrons. The summed E-state index contributed by atoms with van der Waals surface area (Å²) in [5, 5.41) is 0.514. The molecule has 0 bridgehead atoms. The first-order chi connectivity index (χ1) is 10.1. The molecule has 108 valence electrons. The summed E-state index contributed by atoms with van der Waals surface area (Å²) in [6, 6.07) is 10.5. The molecule has 0 spiro atoms. The van der Waals surface area contributed by atoms with E-state index in [1.165, 1.54) is 18.9 Å². The van der Waals surface area contributed by atoms with Gasteiger partial charge in [-0.25, -0.2) is 4.79 Å². The molecule has 0 aromatic heterocycles. The number of benzene rings is 2. The topological polar surface area (TPSA) is 43.4 Å². The van der Waals surface area contributed by atoms with Crippen LogP contribution in [0.5, 0.6) is 0 Å². The monoisotopic (exact) mass is 320 g/mol. The fourth-order valence-corrected chi connectivity index (χ4v) is 3.28. The van der Waals surface area contributed by atoms with Crippen LogP contribution in [0.4, 0.5) is 0 Å². The van der Waals surface area contributed by atoms with E-state index in [0.717, 1.165) is 21.6 Å². The summed E-state index contributed by atoms with van der Waals surface area (Å²) in [7, 11) is 1.34. The molecule has 0 amide bonds. The summed E-state index contributed by atoms with van der Waals surface area (Å²) in [6.07, 6.45) is 0.766. The summed E-state index contributed by atoms with van der Waals surface area (Å²) in [6.45, 7) is 1.88. The molecule has 0 aliphatic heterocycles. The summed E-state index contributed by atoms with van der Waals surface area (Å²) in [5.74, 6) is -0.405. The standard InChI is InChI=1S/C16H13ClO3S/c1-10-7-12(17)8-11(9-18)15(10)21-14-6-4-3-5-13(14)16(19)20-2/h3-9H,1-2H3. The second-order valence-corrected chi connectivity index (χ2v) is 5.84. The highest BCUT2D eigenvalue weighted by Crippen LogP contribution is 2.36. The van der Waals surface area contributed by atoms with Gasteiger partial charge in [0, 0.05) is 20.4 Å². The summed E-state index contributed by atoms with van der Waals surface area (Å²) in [4.78, 5) is 24.5. The van der Waals surface area contributed by atoms with E-state index in [-0.39, 0.29) is 0 Å². The molecule has 2 rings (SSSR count). The Bertz CT molecular complexity index is 698. The SMILES string of the molecule is COC(=O)c1ccccc1Sc1c(C)cc(Cl)cc1C=O.